The molecule has 1 amide bonds. The molecule has 140 valence electrons. The lowest BCUT2D eigenvalue weighted by molar-refractivity contribution is 0.0958. The predicted octanol–water partition coefficient (Wildman–Crippen LogP) is 4.04. The van der Waals surface area contributed by atoms with E-state index < -0.39 is 5.82 Å². The van der Waals surface area contributed by atoms with Gasteiger partial charge < -0.3 is 10.6 Å². The second-order valence-electron chi connectivity index (χ2n) is 5.62. The number of thiazole rings is 1. The number of benzene rings is 1. The molecule has 3 heterocycles. The molecule has 0 fully saturated rings. The first-order chi connectivity index (χ1) is 13.6. The molecule has 0 radical (unpaired) electrons. The average Bonchev–Trinajstić information content (AvgIpc) is 3.12. The van der Waals surface area contributed by atoms with Gasteiger partial charge in [0.15, 0.2) is 5.82 Å². The van der Waals surface area contributed by atoms with Crippen LogP contribution < -0.4 is 10.6 Å². The molecule has 0 spiro atoms. The molecule has 0 aliphatic carbocycles. The second kappa shape index (κ2) is 7.45. The first-order valence-corrected chi connectivity index (χ1v) is 9.27. The molecule has 28 heavy (non-hydrogen) atoms. The quantitative estimate of drug-likeness (QED) is 0.523. The Morgan fingerprint density at radius 3 is 2.86 bits per heavy atom. The Balaban J connectivity index is 1.75. The first kappa shape index (κ1) is 18.2. The van der Waals surface area contributed by atoms with Crippen molar-refractivity contribution in [1.29, 1.82) is 0 Å². The molecular formula is C18H12ClFN6OS. The molecule has 2 N–H and O–H groups in total. The Morgan fingerprint density at radius 1 is 1.21 bits per heavy atom. The summed E-state index contributed by atoms with van der Waals surface area (Å²) in [5.74, 6) is 0.105. The van der Waals surface area contributed by atoms with E-state index in [2.05, 4.69) is 30.6 Å². The number of halogens is 2. The van der Waals surface area contributed by atoms with Crippen molar-refractivity contribution in [3.63, 3.8) is 0 Å². The summed E-state index contributed by atoms with van der Waals surface area (Å²) in [5.41, 5.74) is 1.10. The summed E-state index contributed by atoms with van der Waals surface area (Å²) in [5, 5.41) is 6.30. The van der Waals surface area contributed by atoms with Crippen molar-refractivity contribution in [2.75, 3.05) is 12.4 Å². The van der Waals surface area contributed by atoms with Crippen LogP contribution in [-0.2, 0) is 0 Å². The molecule has 10 heteroatoms. The summed E-state index contributed by atoms with van der Waals surface area (Å²) < 4.78 is 15.0. The van der Waals surface area contributed by atoms with Crippen LogP contribution >= 0.6 is 22.9 Å². The van der Waals surface area contributed by atoms with Crippen LogP contribution in [0, 0.1) is 5.82 Å². The van der Waals surface area contributed by atoms with Gasteiger partial charge in [-0.15, -0.1) is 11.3 Å². The van der Waals surface area contributed by atoms with Gasteiger partial charge in [0.05, 0.1) is 20.8 Å². The van der Waals surface area contributed by atoms with Crippen LogP contribution in [-0.4, -0.2) is 32.9 Å². The number of hydrogen-bond donors (Lipinski definition) is 2. The molecule has 3 aromatic heterocycles. The lowest BCUT2D eigenvalue weighted by Crippen LogP contribution is -2.19. The minimum absolute atomic E-state index is 0.218. The third-order valence-corrected chi connectivity index (χ3v) is 5.26. The highest BCUT2D eigenvalue weighted by atomic mass is 35.5. The van der Waals surface area contributed by atoms with Gasteiger partial charge in [-0.25, -0.2) is 24.3 Å². The van der Waals surface area contributed by atoms with Crippen LogP contribution in [0.4, 0.5) is 16.0 Å². The molecular weight excluding hydrogens is 403 g/mol. The van der Waals surface area contributed by atoms with Crippen LogP contribution in [0.15, 0.2) is 42.9 Å². The molecule has 0 unspecified atom stereocenters. The van der Waals surface area contributed by atoms with Crippen LogP contribution in [0.1, 0.15) is 10.5 Å². The number of carbonyl (C=O) groups excluding carboxylic acids is 1. The third-order valence-electron chi connectivity index (χ3n) is 3.85. The Bertz CT molecular complexity index is 1180. The number of aromatic nitrogens is 4. The lowest BCUT2D eigenvalue weighted by Gasteiger charge is -2.06. The summed E-state index contributed by atoms with van der Waals surface area (Å²) in [7, 11) is 1.52. The average molecular weight is 415 g/mol. The summed E-state index contributed by atoms with van der Waals surface area (Å²) in [6.07, 6.45) is 2.86. The SMILES string of the molecule is CNC(=O)c1cc(Nc2nccc3nc(-c4c(F)cccc4Cl)sc23)ncn1. The van der Waals surface area contributed by atoms with Gasteiger partial charge in [0, 0.05) is 19.3 Å². The molecule has 0 saturated heterocycles. The van der Waals surface area contributed by atoms with Gasteiger partial charge in [-0.2, -0.15) is 0 Å². The largest absolute Gasteiger partial charge is 0.354 e. The number of rotatable bonds is 4. The minimum atomic E-state index is -0.444. The fourth-order valence-electron chi connectivity index (χ4n) is 2.55. The third kappa shape index (κ3) is 3.37. The van der Waals surface area contributed by atoms with Crippen LogP contribution in [0.3, 0.4) is 0 Å². The zero-order valence-electron chi connectivity index (χ0n) is 14.4. The molecule has 0 saturated carbocycles. The van der Waals surface area contributed by atoms with E-state index in [0.717, 1.165) is 0 Å². The fraction of sp³-hybridized carbons (Fsp3) is 0.0556. The van der Waals surface area contributed by atoms with Crippen LogP contribution in [0.25, 0.3) is 20.8 Å². The van der Waals surface area contributed by atoms with E-state index in [-0.39, 0.29) is 22.2 Å². The minimum Gasteiger partial charge on any atom is -0.354 e. The monoisotopic (exact) mass is 414 g/mol. The van der Waals surface area contributed by atoms with Crippen molar-refractivity contribution in [3.05, 3.63) is 59.4 Å². The van der Waals surface area contributed by atoms with Gasteiger partial charge in [-0.1, -0.05) is 17.7 Å². The molecule has 4 aromatic rings. The summed E-state index contributed by atoms with van der Waals surface area (Å²) in [6, 6.07) is 7.74. The zero-order valence-corrected chi connectivity index (χ0v) is 16.0. The smallest absolute Gasteiger partial charge is 0.269 e. The first-order valence-electron chi connectivity index (χ1n) is 8.08. The molecule has 0 atom stereocenters. The van der Waals surface area contributed by atoms with E-state index in [1.807, 2.05) is 0 Å². The molecule has 4 rings (SSSR count). The number of carbonyl (C=O) groups is 1. The molecule has 7 nitrogen and oxygen atoms in total. The maximum atomic E-state index is 14.3. The Labute approximate surface area is 167 Å². The second-order valence-corrected chi connectivity index (χ2v) is 7.02. The summed E-state index contributed by atoms with van der Waals surface area (Å²) in [6.45, 7) is 0. The van der Waals surface area contributed by atoms with Crippen LogP contribution in [0.5, 0.6) is 0 Å². The fourth-order valence-corrected chi connectivity index (χ4v) is 3.93. The van der Waals surface area contributed by atoms with Gasteiger partial charge in [0.1, 0.15) is 28.7 Å². The topological polar surface area (TPSA) is 92.7 Å². The molecule has 0 aliphatic heterocycles. The van der Waals surface area contributed by atoms with Crippen molar-refractivity contribution in [2.24, 2.45) is 0 Å². The Kier molecular flexibility index (Phi) is 4.84. The number of amides is 1. The zero-order chi connectivity index (χ0) is 19.7. The van der Waals surface area contributed by atoms with E-state index >= 15 is 0 Å². The van der Waals surface area contributed by atoms with E-state index in [9.17, 15) is 9.18 Å². The van der Waals surface area contributed by atoms with Crippen molar-refractivity contribution in [1.82, 2.24) is 25.3 Å². The van der Waals surface area contributed by atoms with Crippen molar-refractivity contribution in [3.8, 4) is 10.6 Å². The summed E-state index contributed by atoms with van der Waals surface area (Å²) >= 11 is 7.42. The number of hydrogen-bond acceptors (Lipinski definition) is 7. The van der Waals surface area contributed by atoms with E-state index in [1.165, 1.54) is 36.8 Å². The molecule has 1 aromatic carbocycles. The van der Waals surface area contributed by atoms with Crippen LogP contribution in [0.2, 0.25) is 5.02 Å². The maximum absolute atomic E-state index is 14.3. The highest BCUT2D eigenvalue weighted by molar-refractivity contribution is 7.22. The lowest BCUT2D eigenvalue weighted by atomic mass is 10.2. The number of nitrogens with one attached hydrogen (secondary N) is 2. The molecule has 0 bridgehead atoms. The number of pyridine rings is 1. The maximum Gasteiger partial charge on any atom is 0.269 e. The highest BCUT2D eigenvalue weighted by Crippen LogP contribution is 2.38. The van der Waals surface area contributed by atoms with Gasteiger partial charge in [-0.05, 0) is 18.2 Å². The summed E-state index contributed by atoms with van der Waals surface area (Å²) in [4.78, 5) is 28.6. The van der Waals surface area contributed by atoms with Crippen molar-refractivity contribution in [2.45, 2.75) is 0 Å². The van der Waals surface area contributed by atoms with E-state index in [1.54, 1.807) is 24.4 Å². The standard InChI is InChI=1S/C18H12ClFN6OS/c1-21-17(27)12-7-13(24-8-23-12)26-16-15-11(5-6-22-16)25-18(28-15)14-9(19)3-2-4-10(14)20/h2-8H,1H3,(H,21,27)(H,22,23,24,26). The highest BCUT2D eigenvalue weighted by Gasteiger charge is 2.17. The van der Waals surface area contributed by atoms with Crippen molar-refractivity contribution < 1.29 is 9.18 Å². The number of nitrogens with zero attached hydrogens (tertiary/aromatic N) is 4. The van der Waals surface area contributed by atoms with Gasteiger partial charge in [0.25, 0.3) is 5.91 Å². The van der Waals surface area contributed by atoms with Crippen molar-refractivity contribution >= 4 is 50.7 Å². The van der Waals surface area contributed by atoms with E-state index in [4.69, 9.17) is 11.6 Å². The van der Waals surface area contributed by atoms with Gasteiger partial charge >= 0.3 is 0 Å². The normalized spacial score (nSPS) is 10.8. The number of anilines is 2. The number of fused-ring (bicyclic) bond motifs is 1. The predicted molar refractivity (Wildman–Crippen MR) is 107 cm³/mol. The Hall–Kier alpha value is -3.17. The van der Waals surface area contributed by atoms with E-state index in [0.29, 0.717) is 26.9 Å². The van der Waals surface area contributed by atoms with Gasteiger partial charge in [0.2, 0.25) is 0 Å². The Morgan fingerprint density at radius 2 is 2.07 bits per heavy atom. The molecule has 0 aliphatic rings. The van der Waals surface area contributed by atoms with Gasteiger partial charge in [-0.3, -0.25) is 4.79 Å².